The molecule has 0 radical (unpaired) electrons. The summed E-state index contributed by atoms with van der Waals surface area (Å²) < 4.78 is 121. The number of ether oxygens (including phenoxy) is 4. The number of carbonyl (C=O) groups excluding carboxylic acids is 6. The number of morpholine rings is 1. The summed E-state index contributed by atoms with van der Waals surface area (Å²) in [5, 5.41) is 12.0. The van der Waals surface area contributed by atoms with Crippen LogP contribution in [0, 0.1) is 5.41 Å². The van der Waals surface area contributed by atoms with Crippen LogP contribution in [-0.4, -0.2) is 209 Å². The van der Waals surface area contributed by atoms with Crippen LogP contribution in [0.3, 0.4) is 0 Å². The molecule has 1 aliphatic carbocycles. The molecule has 4 heterocycles. The van der Waals surface area contributed by atoms with Crippen molar-refractivity contribution in [1.82, 2.24) is 30.1 Å². The second-order valence-electron chi connectivity index (χ2n) is 24.8. The molecule has 5 aromatic rings. The molecule has 6 amide bonds. The third-order valence-electron chi connectivity index (χ3n) is 17.8. The number of halogens is 4. The van der Waals surface area contributed by atoms with Gasteiger partial charge in [-0.1, -0.05) is 60.5 Å². The number of piperazine rings is 1. The van der Waals surface area contributed by atoms with Gasteiger partial charge in [-0.3, -0.25) is 48.8 Å². The number of thioether (sulfide) groups is 1. The molecular formula is C68H79ClF3N9O14S3. The van der Waals surface area contributed by atoms with E-state index in [1.807, 2.05) is 59.3 Å². The fourth-order valence-corrected chi connectivity index (χ4v) is 15.6. The van der Waals surface area contributed by atoms with Gasteiger partial charge < -0.3 is 39.8 Å². The molecule has 0 aromatic heterocycles. The Morgan fingerprint density at radius 2 is 1.49 bits per heavy atom. The number of amides is 6. The van der Waals surface area contributed by atoms with Crippen LogP contribution in [0.15, 0.2) is 136 Å². The number of hydrogen-bond acceptors (Lipinski definition) is 20. The van der Waals surface area contributed by atoms with E-state index in [-0.39, 0.29) is 80.5 Å². The molecule has 526 valence electrons. The summed E-state index contributed by atoms with van der Waals surface area (Å²) in [6.45, 7) is 10.1. The van der Waals surface area contributed by atoms with Crippen LogP contribution in [0.1, 0.15) is 82.1 Å². The molecule has 3 fully saturated rings. The van der Waals surface area contributed by atoms with Crippen molar-refractivity contribution in [3.63, 3.8) is 0 Å². The SMILES string of the molecule is CC1(CNC(=O)COCCOCCOCCNc2cccc3c2C(=O)N(C2CCC(=O)NC2=O)C3=O)CCC(c2ccc(Cl)cc2)=C(CN2CCN(c3ccc(C(=O)NS(=O)(=O)c4ccc(N[C@H](CCN5CCOCC5)CSc5ccccc5)c(S(=O)(=O)C(F)(F)F)c4)cc3)CC2)C1. The zero-order chi connectivity index (χ0) is 69.6. The first-order valence-electron chi connectivity index (χ1n) is 32.3. The second-order valence-corrected chi connectivity index (χ2v) is 29.9. The fraction of sp³-hybridized carbons (Fsp3) is 0.441. The molecule has 0 bridgehead atoms. The molecule has 3 saturated heterocycles. The summed E-state index contributed by atoms with van der Waals surface area (Å²) in [6, 6.07) is 28.9. The lowest BCUT2D eigenvalue weighted by Crippen LogP contribution is -2.54. The third kappa shape index (κ3) is 18.9. The summed E-state index contributed by atoms with van der Waals surface area (Å²) in [6.07, 6.45) is 2.82. The van der Waals surface area contributed by atoms with Gasteiger partial charge in [0.25, 0.3) is 37.6 Å². The van der Waals surface area contributed by atoms with Gasteiger partial charge in [0.15, 0.2) is 0 Å². The molecule has 5 aliphatic rings. The second kappa shape index (κ2) is 33.1. The van der Waals surface area contributed by atoms with Gasteiger partial charge in [0.2, 0.25) is 17.7 Å². The van der Waals surface area contributed by atoms with Gasteiger partial charge in [-0.25, -0.2) is 21.6 Å². The number of nitrogens with one attached hydrogen (secondary N) is 5. The monoisotopic (exact) mass is 1430 g/mol. The molecule has 3 atom stereocenters. The minimum Gasteiger partial charge on any atom is -0.382 e. The lowest BCUT2D eigenvalue weighted by molar-refractivity contribution is -0.136. The van der Waals surface area contributed by atoms with Gasteiger partial charge in [-0.15, -0.1) is 11.8 Å². The Kier molecular flexibility index (Phi) is 24.8. The number of alkyl halides is 3. The molecule has 30 heteroatoms. The van der Waals surface area contributed by atoms with Crippen LogP contribution in [0.5, 0.6) is 0 Å². The van der Waals surface area contributed by atoms with Crippen molar-refractivity contribution >= 4 is 101 Å². The van der Waals surface area contributed by atoms with Crippen molar-refractivity contribution in [3.8, 4) is 0 Å². The maximum atomic E-state index is 14.3. The number of allylic oxidation sites excluding steroid dienone is 1. The van der Waals surface area contributed by atoms with Crippen LogP contribution in [0.25, 0.3) is 5.57 Å². The van der Waals surface area contributed by atoms with Crippen LogP contribution in [-0.2, 0) is 53.2 Å². The fourth-order valence-electron chi connectivity index (χ4n) is 12.4. The zero-order valence-corrected chi connectivity index (χ0v) is 57.2. The number of sulfonamides is 1. The summed E-state index contributed by atoms with van der Waals surface area (Å²) in [5.74, 6) is -3.32. The number of sulfone groups is 1. The number of rotatable bonds is 31. The summed E-state index contributed by atoms with van der Waals surface area (Å²) in [4.78, 5) is 83.6. The van der Waals surface area contributed by atoms with Gasteiger partial charge >= 0.3 is 5.51 Å². The van der Waals surface area contributed by atoms with E-state index < -0.39 is 82.5 Å². The molecule has 98 heavy (non-hydrogen) atoms. The van der Waals surface area contributed by atoms with E-state index in [1.54, 1.807) is 24.3 Å². The highest BCUT2D eigenvalue weighted by Crippen LogP contribution is 2.44. The van der Waals surface area contributed by atoms with Gasteiger partial charge in [0.05, 0.1) is 68.0 Å². The molecular weight excluding hydrogens is 1360 g/mol. The quantitative estimate of drug-likeness (QED) is 0.0163. The van der Waals surface area contributed by atoms with E-state index in [0.717, 1.165) is 52.4 Å². The van der Waals surface area contributed by atoms with Crippen LogP contribution < -0.4 is 30.9 Å². The Morgan fingerprint density at radius 3 is 2.19 bits per heavy atom. The number of anilines is 3. The Labute approximate surface area is 576 Å². The molecule has 0 saturated carbocycles. The summed E-state index contributed by atoms with van der Waals surface area (Å²) >= 11 is 7.74. The maximum absolute atomic E-state index is 14.3. The first-order chi connectivity index (χ1) is 46.9. The molecule has 2 unspecified atom stereocenters. The minimum atomic E-state index is -6.11. The number of hydrogen-bond donors (Lipinski definition) is 5. The largest absolute Gasteiger partial charge is 0.501 e. The van der Waals surface area contributed by atoms with Crippen LogP contribution in [0.2, 0.25) is 5.02 Å². The van der Waals surface area contributed by atoms with Crippen molar-refractivity contribution < 1.29 is 77.7 Å². The first kappa shape index (κ1) is 73.3. The summed E-state index contributed by atoms with van der Waals surface area (Å²) in [7, 11) is -11.0. The molecule has 5 aromatic carbocycles. The molecule has 10 rings (SSSR count). The van der Waals surface area contributed by atoms with E-state index in [2.05, 4.69) is 42.9 Å². The predicted molar refractivity (Wildman–Crippen MR) is 363 cm³/mol. The number of nitrogens with zero attached hydrogens (tertiary/aromatic N) is 4. The standard InChI is InChI=1S/C68H79ClF3N9O14S3/c1-67(45-74-61(83)43-95-39-38-94-37-36-92-33-25-73-57-9-5-8-55-62(57)66(87)81(65(55)86)58-20-21-60(82)76-64(58)85)24-22-54(46-10-14-49(69)15-11-46)48(41-67)42-79-27-29-80(30-28-79)51-16-12-47(13-17-51)63(84)77-98(90,91)53-18-19-56(59(40-53)97(88,89)68(70,71)72)75-50(23-26-78-31-34-93-35-32-78)44-96-52-6-3-2-4-7-52/h2-19,40,50,58,73,75H,20-39,41-45H2,1H3,(H,74,83)(H,77,84)(H,76,82,85)/t50-,58?,67?/m1/s1. The smallest absolute Gasteiger partial charge is 0.382 e. The van der Waals surface area contributed by atoms with Crippen LogP contribution >= 0.6 is 23.4 Å². The van der Waals surface area contributed by atoms with E-state index in [4.69, 9.17) is 30.5 Å². The normalized spacial score (nSPS) is 19.3. The van der Waals surface area contributed by atoms with Gasteiger partial charge in [-0.05, 0) is 128 Å². The predicted octanol–water partition coefficient (Wildman–Crippen LogP) is 7.49. The number of fused-ring (bicyclic) bond motifs is 1. The highest BCUT2D eigenvalue weighted by Gasteiger charge is 2.49. The van der Waals surface area contributed by atoms with Crippen LogP contribution in [0.4, 0.5) is 30.2 Å². The van der Waals surface area contributed by atoms with Crippen molar-refractivity contribution in [1.29, 1.82) is 0 Å². The minimum absolute atomic E-state index is 0.0244. The Bertz CT molecular complexity index is 3960. The highest BCUT2D eigenvalue weighted by atomic mass is 35.5. The first-order valence-corrected chi connectivity index (χ1v) is 36.7. The zero-order valence-electron chi connectivity index (χ0n) is 54.0. The van der Waals surface area contributed by atoms with Gasteiger partial charge in [-0.2, -0.15) is 13.2 Å². The molecule has 4 aliphatic heterocycles. The number of piperidine rings is 1. The average Bonchev–Trinajstić information content (AvgIpc) is 1.60. The Morgan fingerprint density at radius 1 is 0.786 bits per heavy atom. The Balaban J connectivity index is 0.663. The van der Waals surface area contributed by atoms with Gasteiger partial charge in [0, 0.05) is 111 Å². The lowest BCUT2D eigenvalue weighted by atomic mass is 9.71. The van der Waals surface area contributed by atoms with Crippen molar-refractivity contribution in [2.45, 2.75) is 77.7 Å². The molecule has 0 spiro atoms. The van der Waals surface area contributed by atoms with E-state index in [9.17, 15) is 58.8 Å². The maximum Gasteiger partial charge on any atom is 0.501 e. The third-order valence-corrected chi connectivity index (χ3v) is 22.1. The average molecular weight is 1440 g/mol. The van der Waals surface area contributed by atoms with E-state index in [0.29, 0.717) is 108 Å². The Hall–Kier alpha value is -7.45. The topological polar surface area (TPSA) is 281 Å². The number of benzene rings is 5. The van der Waals surface area contributed by atoms with Crippen molar-refractivity contribution in [2.24, 2.45) is 5.41 Å². The lowest BCUT2D eigenvalue weighted by Gasteiger charge is -2.41. The van der Waals surface area contributed by atoms with Crippen molar-refractivity contribution in [2.75, 3.05) is 140 Å². The van der Waals surface area contributed by atoms with E-state index in [1.165, 1.54) is 41.1 Å². The van der Waals surface area contributed by atoms with Crippen molar-refractivity contribution in [3.05, 3.63) is 148 Å². The molecule has 23 nitrogen and oxygen atoms in total. The highest BCUT2D eigenvalue weighted by molar-refractivity contribution is 7.99. The van der Waals surface area contributed by atoms with E-state index >= 15 is 0 Å². The number of imide groups is 2. The number of carbonyl (C=O) groups is 6. The van der Waals surface area contributed by atoms with Gasteiger partial charge in [0.1, 0.15) is 17.5 Å². The summed E-state index contributed by atoms with van der Waals surface area (Å²) in [5.41, 5.74) is -1.45. The molecule has 5 N–H and O–H groups in total.